The van der Waals surface area contributed by atoms with Gasteiger partial charge >= 0.3 is 0 Å². The van der Waals surface area contributed by atoms with E-state index in [1.165, 1.54) is 6.33 Å². The lowest BCUT2D eigenvalue weighted by atomic mass is 10.2. The first kappa shape index (κ1) is 17.6. The molecule has 0 fully saturated rings. The van der Waals surface area contributed by atoms with Crippen molar-refractivity contribution in [1.82, 2.24) is 19.5 Å². The maximum atomic E-state index is 11.2. The summed E-state index contributed by atoms with van der Waals surface area (Å²) in [6.45, 7) is 0.572. The zero-order valence-corrected chi connectivity index (χ0v) is 13.3. The van der Waals surface area contributed by atoms with E-state index >= 15 is 0 Å². The molecule has 0 aromatic carbocycles. The number of halogens is 1. The highest BCUT2D eigenvalue weighted by atomic mass is 35.5. The third-order valence-corrected chi connectivity index (χ3v) is 3.40. The number of fused-ring (bicyclic) bond motifs is 1. The molecule has 3 heterocycles. The van der Waals surface area contributed by atoms with Crippen LogP contribution in [0.5, 0.6) is 0 Å². The third kappa shape index (κ3) is 3.58. The number of aromatic nitrogens is 5. The van der Waals surface area contributed by atoms with Crippen LogP contribution in [0.1, 0.15) is 10.4 Å². The van der Waals surface area contributed by atoms with Crippen LogP contribution in [0.3, 0.4) is 0 Å². The number of nitrogen functional groups attached to an aromatic ring is 1. The minimum Gasteiger partial charge on any atom is -1.00 e. The number of rotatable bonds is 5. The average molecular weight is 350 g/mol. The predicted molar refractivity (Wildman–Crippen MR) is 80.9 cm³/mol. The number of primary amides is 1. The molecule has 0 aliphatic rings. The summed E-state index contributed by atoms with van der Waals surface area (Å²) >= 11 is 0. The predicted octanol–water partition coefficient (Wildman–Crippen LogP) is -4.14. The normalized spacial score (nSPS) is 11.9. The first-order valence-electron chi connectivity index (χ1n) is 6.93. The van der Waals surface area contributed by atoms with E-state index in [4.69, 9.17) is 11.5 Å². The number of hydrogen-bond donors (Lipinski definition) is 3. The van der Waals surface area contributed by atoms with Gasteiger partial charge in [0.05, 0.1) is 12.9 Å². The molecule has 0 spiro atoms. The first-order chi connectivity index (χ1) is 11.0. The van der Waals surface area contributed by atoms with Crippen LogP contribution in [0, 0.1) is 0 Å². The smallest absolute Gasteiger partial charge is 0.254 e. The van der Waals surface area contributed by atoms with Gasteiger partial charge in [-0.1, -0.05) is 0 Å². The largest absolute Gasteiger partial charge is 1.00 e. The van der Waals surface area contributed by atoms with Crippen molar-refractivity contribution in [3.05, 3.63) is 42.7 Å². The molecule has 126 valence electrons. The minimum atomic E-state index is -0.711. The van der Waals surface area contributed by atoms with E-state index in [0.717, 1.165) is 0 Å². The third-order valence-electron chi connectivity index (χ3n) is 3.40. The molecular weight excluding hydrogens is 334 g/mol. The van der Waals surface area contributed by atoms with Gasteiger partial charge in [0, 0.05) is 6.07 Å². The van der Waals surface area contributed by atoms with Gasteiger partial charge in [-0.05, 0) is 6.07 Å². The minimum absolute atomic E-state index is 0. The number of amides is 1. The Bertz CT molecular complexity index is 867. The Morgan fingerprint density at radius 2 is 2.17 bits per heavy atom. The second-order valence-electron chi connectivity index (χ2n) is 5.14. The molecule has 0 bridgehead atoms. The number of imidazole rings is 1. The van der Waals surface area contributed by atoms with Gasteiger partial charge in [0.2, 0.25) is 0 Å². The molecule has 9 nitrogen and oxygen atoms in total. The van der Waals surface area contributed by atoms with Crippen LogP contribution >= 0.6 is 0 Å². The van der Waals surface area contributed by atoms with Gasteiger partial charge in [-0.25, -0.2) is 19.5 Å². The highest BCUT2D eigenvalue weighted by molar-refractivity contribution is 5.92. The van der Waals surface area contributed by atoms with Gasteiger partial charge in [0.15, 0.2) is 30.4 Å². The number of nitrogens with zero attached hydrogens (tertiary/aromatic N) is 5. The number of carbonyl (C=O) groups excluding carboxylic acids is 1. The molecule has 0 aliphatic carbocycles. The number of pyridine rings is 1. The molecular formula is C14H16ClN7O2. The molecule has 1 atom stereocenters. The fraction of sp³-hybridized carbons (Fsp3) is 0.214. The van der Waals surface area contributed by atoms with Crippen molar-refractivity contribution in [2.75, 3.05) is 5.73 Å². The molecule has 0 saturated heterocycles. The molecule has 3 aromatic rings. The van der Waals surface area contributed by atoms with Crippen LogP contribution in [0.25, 0.3) is 11.2 Å². The molecule has 24 heavy (non-hydrogen) atoms. The van der Waals surface area contributed by atoms with Gasteiger partial charge in [-0.2, -0.15) is 0 Å². The summed E-state index contributed by atoms with van der Waals surface area (Å²) in [4.78, 5) is 23.3. The van der Waals surface area contributed by atoms with E-state index in [1.807, 2.05) is 0 Å². The zero-order chi connectivity index (χ0) is 16.4. The summed E-state index contributed by atoms with van der Waals surface area (Å²) in [7, 11) is 0. The molecule has 3 rings (SSSR count). The maximum absolute atomic E-state index is 11.2. The number of aliphatic hydroxyl groups is 1. The number of nitrogens with two attached hydrogens (primary N) is 2. The first-order valence-corrected chi connectivity index (χ1v) is 6.93. The van der Waals surface area contributed by atoms with Crippen LogP contribution in [-0.4, -0.2) is 36.6 Å². The van der Waals surface area contributed by atoms with Gasteiger partial charge < -0.3 is 33.5 Å². The Morgan fingerprint density at radius 3 is 2.92 bits per heavy atom. The summed E-state index contributed by atoms with van der Waals surface area (Å²) in [6.07, 6.45) is 5.55. The van der Waals surface area contributed by atoms with E-state index in [2.05, 4.69) is 15.0 Å². The summed E-state index contributed by atoms with van der Waals surface area (Å²) in [5, 5.41) is 10.3. The topological polar surface area (TPSA) is 137 Å². The van der Waals surface area contributed by atoms with Gasteiger partial charge in [-0.15, -0.1) is 0 Å². The zero-order valence-electron chi connectivity index (χ0n) is 12.6. The number of anilines is 1. The summed E-state index contributed by atoms with van der Waals surface area (Å²) in [5.74, 6) is -0.214. The van der Waals surface area contributed by atoms with Crippen molar-refractivity contribution >= 4 is 22.9 Å². The summed E-state index contributed by atoms with van der Waals surface area (Å²) in [5.41, 5.74) is 12.4. The Labute approximate surface area is 143 Å². The van der Waals surface area contributed by atoms with Gasteiger partial charge in [0.25, 0.3) is 5.91 Å². The van der Waals surface area contributed by atoms with E-state index in [1.54, 1.807) is 40.0 Å². The van der Waals surface area contributed by atoms with E-state index in [9.17, 15) is 9.90 Å². The molecule has 1 amide bonds. The van der Waals surface area contributed by atoms with Gasteiger partial charge in [-0.3, -0.25) is 4.79 Å². The lowest BCUT2D eigenvalue weighted by Crippen LogP contribution is -3.00. The highest BCUT2D eigenvalue weighted by Gasteiger charge is 2.16. The lowest BCUT2D eigenvalue weighted by molar-refractivity contribution is -0.703. The molecule has 10 heteroatoms. The molecule has 0 radical (unpaired) electrons. The number of aliphatic hydroxyl groups excluding tert-OH is 1. The second-order valence-corrected chi connectivity index (χ2v) is 5.14. The van der Waals surface area contributed by atoms with Crippen molar-refractivity contribution in [2.24, 2.45) is 5.73 Å². The number of hydrogen-bond acceptors (Lipinski definition) is 6. The Kier molecular flexibility index (Phi) is 5.27. The van der Waals surface area contributed by atoms with Crippen LogP contribution < -0.4 is 28.4 Å². The average Bonchev–Trinajstić information content (AvgIpc) is 2.92. The highest BCUT2D eigenvalue weighted by Crippen LogP contribution is 2.14. The van der Waals surface area contributed by atoms with Crippen LogP contribution in [0.4, 0.5) is 5.82 Å². The molecule has 0 saturated carbocycles. The van der Waals surface area contributed by atoms with Crippen LogP contribution in [-0.2, 0) is 13.1 Å². The summed E-state index contributed by atoms with van der Waals surface area (Å²) < 4.78 is 3.41. The van der Waals surface area contributed by atoms with Crippen molar-refractivity contribution in [2.45, 2.75) is 19.2 Å². The Morgan fingerprint density at radius 1 is 1.38 bits per heavy atom. The van der Waals surface area contributed by atoms with Crippen molar-refractivity contribution in [3.8, 4) is 0 Å². The standard InChI is InChI=1S/C14H15N7O2.ClH/c15-12-11-14(18-7-17-12)21(8-19-11)6-10(22)5-20-3-1-2-9(4-20)13(16)23;/h1-4,7-8,10,22H,5-6H2,(H3-,15,16,17,18,23);1H/t10-;/m0./s1. The maximum Gasteiger partial charge on any atom is 0.254 e. The fourth-order valence-corrected chi connectivity index (χ4v) is 2.34. The Balaban J connectivity index is 0.00000208. The monoisotopic (exact) mass is 349 g/mol. The van der Waals surface area contributed by atoms with Crippen molar-refractivity contribution in [1.29, 1.82) is 0 Å². The number of carbonyl (C=O) groups is 1. The van der Waals surface area contributed by atoms with Gasteiger partial charge in [0.1, 0.15) is 23.5 Å². The van der Waals surface area contributed by atoms with Crippen LogP contribution in [0.2, 0.25) is 0 Å². The second kappa shape index (κ2) is 7.20. The fourth-order valence-electron chi connectivity index (χ4n) is 2.34. The van der Waals surface area contributed by atoms with Crippen LogP contribution in [0.15, 0.2) is 37.2 Å². The van der Waals surface area contributed by atoms with Crippen molar-refractivity contribution < 1.29 is 26.9 Å². The van der Waals surface area contributed by atoms with E-state index in [-0.39, 0.29) is 19.0 Å². The molecule has 0 aliphatic heterocycles. The molecule has 5 N–H and O–H groups in total. The SMILES string of the molecule is NC(=O)c1ccc[n+](C[C@H](O)Cn2cnc3c(N)ncnc32)c1.[Cl-]. The Hall–Kier alpha value is -2.78. The van der Waals surface area contributed by atoms with E-state index in [0.29, 0.717) is 29.1 Å². The molecule has 3 aromatic heterocycles. The summed E-state index contributed by atoms with van der Waals surface area (Å²) in [6, 6.07) is 3.32. The van der Waals surface area contributed by atoms with Crippen molar-refractivity contribution in [3.63, 3.8) is 0 Å². The molecule has 0 unspecified atom stereocenters. The quantitative estimate of drug-likeness (QED) is 0.400. The van der Waals surface area contributed by atoms with E-state index < -0.39 is 12.0 Å². The lowest BCUT2D eigenvalue weighted by Gasteiger charge is -2.09.